The standard InChI is InChI=1S/C22H27ClFN5O3/c1-11-20(23)12(2)28-21(27-11)15-9-29(10-16(15)25)22(31)14-4-3-13(24)7-19(14)32-18-5-6-26-8-17(18)30/h3-4,7,16-18,26-27,30H,5-6,8-10,25H2,1-2H3/b21-15+/t16?,17?,18-/m0/s1. The number of β-amino-alcohol motifs (C(OH)–C–C–N with tert-alkyl or cyclic N) is 1. The maximum Gasteiger partial charge on any atom is 0.257 e. The Labute approximate surface area is 191 Å². The van der Waals surface area contributed by atoms with Crippen molar-refractivity contribution < 1.29 is 19.0 Å². The number of halogens is 2. The lowest BCUT2D eigenvalue weighted by Gasteiger charge is -2.30. The number of hydrogen-bond acceptors (Lipinski definition) is 7. The minimum atomic E-state index is -0.742. The highest BCUT2D eigenvalue weighted by Gasteiger charge is 2.34. The van der Waals surface area contributed by atoms with E-state index in [1.54, 1.807) is 4.90 Å². The third-order valence-corrected chi connectivity index (χ3v) is 6.45. The summed E-state index contributed by atoms with van der Waals surface area (Å²) in [7, 11) is 0. The van der Waals surface area contributed by atoms with Gasteiger partial charge in [-0.15, -0.1) is 0 Å². The number of amides is 1. The molecule has 3 atom stereocenters. The summed E-state index contributed by atoms with van der Waals surface area (Å²) in [6.45, 7) is 5.28. The van der Waals surface area contributed by atoms with Crippen molar-refractivity contribution >= 4 is 23.2 Å². The normalized spacial score (nSPS) is 28.5. The van der Waals surface area contributed by atoms with Gasteiger partial charge in [-0.05, 0) is 38.9 Å². The molecule has 8 nitrogen and oxygen atoms in total. The van der Waals surface area contributed by atoms with Gasteiger partial charge in [-0.3, -0.25) is 4.79 Å². The van der Waals surface area contributed by atoms with Crippen LogP contribution in [0, 0.1) is 5.82 Å². The van der Waals surface area contributed by atoms with Crippen LogP contribution >= 0.6 is 11.6 Å². The molecule has 4 rings (SSSR count). The van der Waals surface area contributed by atoms with Crippen LogP contribution in [0.3, 0.4) is 0 Å². The number of piperidine rings is 1. The van der Waals surface area contributed by atoms with Crippen molar-refractivity contribution in [2.45, 2.75) is 38.5 Å². The number of nitrogens with one attached hydrogen (secondary N) is 2. The van der Waals surface area contributed by atoms with Crippen molar-refractivity contribution in [3.8, 4) is 5.75 Å². The van der Waals surface area contributed by atoms with E-state index in [1.807, 2.05) is 13.8 Å². The second-order valence-corrected chi connectivity index (χ2v) is 8.66. The first-order valence-electron chi connectivity index (χ1n) is 10.6. The molecule has 0 aromatic heterocycles. The minimum absolute atomic E-state index is 0.117. The molecular formula is C22H27ClFN5O3. The summed E-state index contributed by atoms with van der Waals surface area (Å²) in [6.07, 6.45) is -0.714. The van der Waals surface area contributed by atoms with E-state index in [0.717, 1.165) is 11.3 Å². The molecule has 172 valence electrons. The Kier molecular flexibility index (Phi) is 6.52. The minimum Gasteiger partial charge on any atom is -0.487 e. The summed E-state index contributed by atoms with van der Waals surface area (Å²) in [4.78, 5) is 19.4. The van der Waals surface area contributed by atoms with Crippen molar-refractivity contribution in [2.24, 2.45) is 10.7 Å². The molecule has 1 aromatic rings. The maximum atomic E-state index is 14.0. The zero-order valence-electron chi connectivity index (χ0n) is 18.0. The van der Waals surface area contributed by atoms with Crippen LogP contribution in [0.15, 0.2) is 45.3 Å². The smallest absolute Gasteiger partial charge is 0.257 e. The topological polar surface area (TPSA) is 112 Å². The lowest BCUT2D eigenvalue weighted by Crippen LogP contribution is -2.46. The molecule has 0 bridgehead atoms. The van der Waals surface area contributed by atoms with Gasteiger partial charge in [0, 0.05) is 43.0 Å². The van der Waals surface area contributed by atoms with Gasteiger partial charge in [-0.25, -0.2) is 9.38 Å². The zero-order valence-corrected chi connectivity index (χ0v) is 18.7. The molecule has 0 spiro atoms. The van der Waals surface area contributed by atoms with E-state index in [9.17, 15) is 14.3 Å². The molecule has 3 heterocycles. The first-order chi connectivity index (χ1) is 15.2. The molecule has 2 saturated heterocycles. The van der Waals surface area contributed by atoms with Gasteiger partial charge < -0.3 is 31.1 Å². The summed E-state index contributed by atoms with van der Waals surface area (Å²) in [5.74, 6) is -0.126. The van der Waals surface area contributed by atoms with Gasteiger partial charge in [0.05, 0.1) is 16.3 Å². The predicted molar refractivity (Wildman–Crippen MR) is 120 cm³/mol. The van der Waals surface area contributed by atoms with Crippen LogP contribution in [0.4, 0.5) is 4.39 Å². The Bertz CT molecular complexity index is 1020. The second kappa shape index (κ2) is 9.19. The van der Waals surface area contributed by atoms with E-state index >= 15 is 0 Å². The van der Waals surface area contributed by atoms with E-state index in [-0.39, 0.29) is 30.3 Å². The van der Waals surface area contributed by atoms with Crippen LogP contribution < -0.4 is 21.1 Å². The van der Waals surface area contributed by atoms with Gasteiger partial charge in [0.15, 0.2) is 0 Å². The average Bonchev–Trinajstić information content (AvgIpc) is 3.14. The first kappa shape index (κ1) is 22.7. The monoisotopic (exact) mass is 463 g/mol. The van der Waals surface area contributed by atoms with Crippen LogP contribution in [0.2, 0.25) is 0 Å². The number of hydrogen-bond donors (Lipinski definition) is 4. The molecular weight excluding hydrogens is 437 g/mol. The van der Waals surface area contributed by atoms with Gasteiger partial charge in [-0.2, -0.15) is 0 Å². The van der Waals surface area contributed by atoms with E-state index in [1.165, 1.54) is 18.2 Å². The van der Waals surface area contributed by atoms with Gasteiger partial charge in [0.25, 0.3) is 5.91 Å². The van der Waals surface area contributed by atoms with E-state index in [4.69, 9.17) is 22.1 Å². The molecule has 3 aliphatic heterocycles. The number of nitrogens with two attached hydrogens (primary N) is 1. The number of aliphatic imine (C=N–C) groups is 1. The van der Waals surface area contributed by atoms with Crippen molar-refractivity contribution in [1.29, 1.82) is 0 Å². The van der Waals surface area contributed by atoms with Gasteiger partial charge in [0.1, 0.15) is 29.6 Å². The third kappa shape index (κ3) is 4.52. The van der Waals surface area contributed by atoms with Gasteiger partial charge >= 0.3 is 0 Å². The Morgan fingerprint density at radius 2 is 2.19 bits per heavy atom. The fourth-order valence-electron chi connectivity index (χ4n) is 4.10. The number of likely N-dealkylation sites (tertiary alicyclic amines) is 1. The quantitative estimate of drug-likeness (QED) is 0.540. The average molecular weight is 464 g/mol. The lowest BCUT2D eigenvalue weighted by molar-refractivity contribution is 0.0153. The predicted octanol–water partition coefficient (Wildman–Crippen LogP) is 1.46. The second-order valence-electron chi connectivity index (χ2n) is 8.28. The van der Waals surface area contributed by atoms with Crippen molar-refractivity contribution in [3.05, 3.63) is 51.7 Å². The molecule has 32 heavy (non-hydrogen) atoms. The SMILES string of the molecule is CC1=N/C(=C2\CN(C(=O)c3ccc(F)cc3O[C@H]3CCNCC3O)CC2N)NC(C)=C1Cl. The number of benzene rings is 1. The van der Waals surface area contributed by atoms with Crippen LogP contribution in [0.1, 0.15) is 30.6 Å². The molecule has 0 radical (unpaired) electrons. The number of ether oxygens (including phenoxy) is 1. The number of aliphatic hydroxyl groups excluding tert-OH is 1. The summed E-state index contributed by atoms with van der Waals surface area (Å²) in [5.41, 5.74) is 8.80. The molecule has 2 unspecified atom stereocenters. The van der Waals surface area contributed by atoms with Crippen molar-refractivity contribution in [3.63, 3.8) is 0 Å². The molecule has 3 aliphatic rings. The highest BCUT2D eigenvalue weighted by molar-refractivity contribution is 6.43. The summed E-state index contributed by atoms with van der Waals surface area (Å²) in [6, 6.07) is 3.41. The first-order valence-corrected chi connectivity index (χ1v) is 10.9. The Morgan fingerprint density at radius 3 is 2.91 bits per heavy atom. The Hall–Kier alpha value is -2.46. The fourth-order valence-corrected chi connectivity index (χ4v) is 4.19. The van der Waals surface area contributed by atoms with Crippen LogP contribution in [0.5, 0.6) is 5.75 Å². The number of rotatable bonds is 3. The third-order valence-electron chi connectivity index (χ3n) is 5.89. The summed E-state index contributed by atoms with van der Waals surface area (Å²) >= 11 is 6.21. The lowest BCUT2D eigenvalue weighted by atomic mass is 10.1. The number of nitrogens with zero attached hydrogens (tertiary/aromatic N) is 2. The Morgan fingerprint density at radius 1 is 1.41 bits per heavy atom. The number of carbonyl (C=O) groups excluding carboxylic acids is 1. The van der Waals surface area contributed by atoms with E-state index in [2.05, 4.69) is 15.6 Å². The molecule has 0 saturated carbocycles. The van der Waals surface area contributed by atoms with Crippen LogP contribution in [-0.2, 0) is 0 Å². The van der Waals surface area contributed by atoms with Crippen molar-refractivity contribution in [1.82, 2.24) is 15.5 Å². The number of aliphatic hydroxyl groups is 1. The number of allylic oxidation sites excluding steroid dienone is 2. The highest BCUT2D eigenvalue weighted by Crippen LogP contribution is 2.29. The maximum absolute atomic E-state index is 14.0. The molecule has 1 aromatic carbocycles. The molecule has 0 aliphatic carbocycles. The Balaban J connectivity index is 1.57. The van der Waals surface area contributed by atoms with E-state index in [0.29, 0.717) is 36.1 Å². The molecule has 1 amide bonds. The summed E-state index contributed by atoms with van der Waals surface area (Å²) in [5, 5.41) is 17.0. The fraction of sp³-hybridized carbons (Fsp3) is 0.455. The highest BCUT2D eigenvalue weighted by atomic mass is 35.5. The van der Waals surface area contributed by atoms with Gasteiger partial charge in [0.2, 0.25) is 0 Å². The molecule has 5 N–H and O–H groups in total. The van der Waals surface area contributed by atoms with Crippen molar-refractivity contribution in [2.75, 3.05) is 26.2 Å². The zero-order chi connectivity index (χ0) is 23.0. The molecule has 2 fully saturated rings. The largest absolute Gasteiger partial charge is 0.487 e. The van der Waals surface area contributed by atoms with Crippen LogP contribution in [-0.4, -0.2) is 66.1 Å². The molecule has 10 heteroatoms. The van der Waals surface area contributed by atoms with E-state index < -0.39 is 24.1 Å². The van der Waals surface area contributed by atoms with Gasteiger partial charge in [-0.1, -0.05) is 11.6 Å². The van der Waals surface area contributed by atoms with Crippen LogP contribution in [0.25, 0.3) is 0 Å². The number of carbonyl (C=O) groups is 1. The summed E-state index contributed by atoms with van der Waals surface area (Å²) < 4.78 is 19.9.